The highest BCUT2D eigenvalue weighted by Gasteiger charge is 2.05. The summed E-state index contributed by atoms with van der Waals surface area (Å²) in [6, 6.07) is 8.61. The van der Waals surface area contributed by atoms with Crippen LogP contribution in [0.15, 0.2) is 24.3 Å². The minimum atomic E-state index is 0.191. The Bertz CT molecular complexity index is 260. The smallest absolute Gasteiger partial charge is 0.0556 e. The molecule has 1 atom stereocenters. The first kappa shape index (κ1) is 10.2. The highest BCUT2D eigenvalue weighted by molar-refractivity contribution is 5.28. The Morgan fingerprint density at radius 2 is 2.08 bits per heavy atom. The van der Waals surface area contributed by atoms with Crippen LogP contribution in [0.2, 0.25) is 0 Å². The maximum atomic E-state index is 8.67. The number of aryl methyl sites for hydroxylation is 1. The average Bonchev–Trinajstić information content (AvgIpc) is 2.15. The van der Waals surface area contributed by atoms with Crippen molar-refractivity contribution < 1.29 is 5.11 Å². The van der Waals surface area contributed by atoms with Crippen molar-refractivity contribution in [3.05, 3.63) is 35.4 Å². The molecule has 1 rings (SSSR count). The predicted molar refractivity (Wildman–Crippen MR) is 54.7 cm³/mol. The summed E-state index contributed by atoms with van der Waals surface area (Å²) in [6.45, 7) is 5.05. The third-order valence-electron chi connectivity index (χ3n) is 2.22. The van der Waals surface area contributed by atoms with Crippen LogP contribution in [0, 0.1) is 6.92 Å². The zero-order valence-corrected chi connectivity index (χ0v) is 8.25. The van der Waals surface area contributed by atoms with Crippen LogP contribution in [-0.2, 0) is 0 Å². The molecule has 0 aliphatic rings. The third kappa shape index (κ3) is 2.83. The van der Waals surface area contributed by atoms with Crippen molar-refractivity contribution in [1.29, 1.82) is 0 Å². The van der Waals surface area contributed by atoms with Crippen LogP contribution in [0.25, 0.3) is 0 Å². The molecule has 0 saturated carbocycles. The average molecular weight is 179 g/mol. The zero-order valence-electron chi connectivity index (χ0n) is 8.25. The second-order valence-electron chi connectivity index (χ2n) is 3.26. The summed E-state index contributed by atoms with van der Waals surface area (Å²) in [5, 5.41) is 11.9. The lowest BCUT2D eigenvalue weighted by molar-refractivity contribution is 0.286. The molecule has 1 aromatic rings. The molecule has 0 amide bonds. The molecular weight excluding hydrogens is 162 g/mol. The minimum absolute atomic E-state index is 0.191. The van der Waals surface area contributed by atoms with Crippen molar-refractivity contribution in [3.8, 4) is 0 Å². The van der Waals surface area contributed by atoms with Gasteiger partial charge in [0.15, 0.2) is 0 Å². The molecule has 0 radical (unpaired) electrons. The van der Waals surface area contributed by atoms with Crippen LogP contribution < -0.4 is 5.32 Å². The molecule has 13 heavy (non-hydrogen) atoms. The van der Waals surface area contributed by atoms with Gasteiger partial charge in [-0.3, -0.25) is 0 Å². The molecule has 2 heteroatoms. The molecule has 0 spiro atoms. The summed E-state index contributed by atoms with van der Waals surface area (Å²) in [4.78, 5) is 0. The lowest BCUT2D eigenvalue weighted by Crippen LogP contribution is -2.22. The second kappa shape index (κ2) is 5.00. The normalized spacial score (nSPS) is 12.8. The van der Waals surface area contributed by atoms with Gasteiger partial charge in [0.1, 0.15) is 0 Å². The van der Waals surface area contributed by atoms with E-state index in [2.05, 4.69) is 31.3 Å². The third-order valence-corrected chi connectivity index (χ3v) is 2.22. The Hall–Kier alpha value is -0.860. The summed E-state index contributed by atoms with van der Waals surface area (Å²) < 4.78 is 0. The van der Waals surface area contributed by atoms with Gasteiger partial charge in [0.25, 0.3) is 0 Å². The van der Waals surface area contributed by atoms with Crippen molar-refractivity contribution in [2.75, 3.05) is 13.2 Å². The van der Waals surface area contributed by atoms with E-state index in [9.17, 15) is 0 Å². The molecule has 0 fully saturated rings. The van der Waals surface area contributed by atoms with Crippen LogP contribution >= 0.6 is 0 Å². The van der Waals surface area contributed by atoms with E-state index in [1.165, 1.54) is 11.1 Å². The number of rotatable bonds is 4. The van der Waals surface area contributed by atoms with Crippen molar-refractivity contribution >= 4 is 0 Å². The maximum absolute atomic E-state index is 8.67. The Labute approximate surface area is 79.6 Å². The number of aliphatic hydroxyl groups excluding tert-OH is 1. The van der Waals surface area contributed by atoms with Crippen molar-refractivity contribution in [2.45, 2.75) is 19.9 Å². The maximum Gasteiger partial charge on any atom is 0.0556 e. The number of benzene rings is 1. The van der Waals surface area contributed by atoms with Gasteiger partial charge in [-0.15, -0.1) is 0 Å². The molecule has 0 saturated heterocycles. The first-order valence-electron chi connectivity index (χ1n) is 4.65. The summed E-state index contributed by atoms with van der Waals surface area (Å²) in [7, 11) is 0. The minimum Gasteiger partial charge on any atom is -0.395 e. The largest absolute Gasteiger partial charge is 0.395 e. The van der Waals surface area contributed by atoms with Crippen molar-refractivity contribution in [2.24, 2.45) is 0 Å². The molecule has 0 aliphatic heterocycles. The molecule has 72 valence electrons. The van der Waals surface area contributed by atoms with E-state index in [0.717, 1.165) is 0 Å². The van der Waals surface area contributed by atoms with Gasteiger partial charge in [-0.25, -0.2) is 0 Å². The Kier molecular flexibility index (Phi) is 3.93. The van der Waals surface area contributed by atoms with Gasteiger partial charge in [0.05, 0.1) is 6.61 Å². The van der Waals surface area contributed by atoms with Crippen LogP contribution in [0.4, 0.5) is 0 Å². The number of hydrogen-bond donors (Lipinski definition) is 2. The van der Waals surface area contributed by atoms with E-state index < -0.39 is 0 Å². The quantitative estimate of drug-likeness (QED) is 0.736. The van der Waals surface area contributed by atoms with Gasteiger partial charge in [-0.2, -0.15) is 0 Å². The predicted octanol–water partition coefficient (Wildman–Crippen LogP) is 1.64. The van der Waals surface area contributed by atoms with Gasteiger partial charge >= 0.3 is 0 Å². The SMILES string of the molecule is Cc1ccccc1[C@@H](C)NCCO. The summed E-state index contributed by atoms with van der Waals surface area (Å²) in [5.41, 5.74) is 2.59. The van der Waals surface area contributed by atoms with E-state index in [0.29, 0.717) is 12.6 Å². The van der Waals surface area contributed by atoms with Gasteiger partial charge in [0.2, 0.25) is 0 Å². The van der Waals surface area contributed by atoms with Crippen molar-refractivity contribution in [3.63, 3.8) is 0 Å². The molecule has 0 unspecified atom stereocenters. The molecule has 1 aromatic carbocycles. The summed E-state index contributed by atoms with van der Waals surface area (Å²) in [5.74, 6) is 0. The fraction of sp³-hybridized carbons (Fsp3) is 0.455. The molecule has 0 bridgehead atoms. The van der Waals surface area contributed by atoms with Crippen LogP contribution in [0.5, 0.6) is 0 Å². The number of nitrogens with one attached hydrogen (secondary N) is 1. The highest BCUT2D eigenvalue weighted by atomic mass is 16.3. The second-order valence-corrected chi connectivity index (χ2v) is 3.26. The Morgan fingerprint density at radius 1 is 1.38 bits per heavy atom. The molecule has 2 nitrogen and oxygen atoms in total. The number of hydrogen-bond acceptors (Lipinski definition) is 2. The molecule has 0 heterocycles. The van der Waals surface area contributed by atoms with E-state index in [1.54, 1.807) is 0 Å². The van der Waals surface area contributed by atoms with E-state index >= 15 is 0 Å². The topological polar surface area (TPSA) is 32.3 Å². The highest BCUT2D eigenvalue weighted by Crippen LogP contribution is 2.15. The van der Waals surface area contributed by atoms with Crippen molar-refractivity contribution in [1.82, 2.24) is 5.32 Å². The van der Waals surface area contributed by atoms with E-state index in [4.69, 9.17) is 5.11 Å². The first-order valence-corrected chi connectivity index (χ1v) is 4.65. The lowest BCUT2D eigenvalue weighted by Gasteiger charge is -2.15. The van der Waals surface area contributed by atoms with Gasteiger partial charge in [-0.1, -0.05) is 24.3 Å². The van der Waals surface area contributed by atoms with Crippen LogP contribution in [0.1, 0.15) is 24.1 Å². The summed E-state index contributed by atoms with van der Waals surface area (Å²) in [6.07, 6.45) is 0. The zero-order chi connectivity index (χ0) is 9.68. The number of aliphatic hydroxyl groups is 1. The van der Waals surface area contributed by atoms with E-state index in [-0.39, 0.29) is 6.61 Å². The monoisotopic (exact) mass is 179 g/mol. The molecular formula is C11H17NO. The molecule has 0 aromatic heterocycles. The Morgan fingerprint density at radius 3 is 2.69 bits per heavy atom. The van der Waals surface area contributed by atoms with Crippen LogP contribution in [0.3, 0.4) is 0 Å². The molecule has 2 N–H and O–H groups in total. The standard InChI is InChI=1S/C11H17NO/c1-9-5-3-4-6-11(9)10(2)12-7-8-13/h3-6,10,12-13H,7-8H2,1-2H3/t10-/m1/s1. The van der Waals surface area contributed by atoms with Gasteiger partial charge in [-0.05, 0) is 25.0 Å². The Balaban J connectivity index is 2.65. The lowest BCUT2D eigenvalue weighted by atomic mass is 10.0. The van der Waals surface area contributed by atoms with Gasteiger partial charge < -0.3 is 10.4 Å². The van der Waals surface area contributed by atoms with E-state index in [1.807, 2.05) is 12.1 Å². The molecule has 0 aliphatic carbocycles. The van der Waals surface area contributed by atoms with Gasteiger partial charge in [0, 0.05) is 12.6 Å². The fourth-order valence-corrected chi connectivity index (χ4v) is 1.46. The van der Waals surface area contributed by atoms with Crippen LogP contribution in [-0.4, -0.2) is 18.3 Å². The first-order chi connectivity index (χ1) is 6.25. The fourth-order valence-electron chi connectivity index (χ4n) is 1.46. The summed E-state index contributed by atoms with van der Waals surface area (Å²) >= 11 is 0.